The average Bonchev–Trinajstić information content (AvgIpc) is 3.00. The van der Waals surface area contributed by atoms with Crippen LogP contribution in [0, 0.1) is 0 Å². The van der Waals surface area contributed by atoms with Gasteiger partial charge in [-0.15, -0.1) is 0 Å². The highest BCUT2D eigenvalue weighted by Crippen LogP contribution is 2.42. The first-order chi connectivity index (χ1) is 11.8. The van der Waals surface area contributed by atoms with E-state index in [2.05, 4.69) is 23.2 Å². The van der Waals surface area contributed by atoms with E-state index in [-0.39, 0.29) is 11.9 Å². The molecule has 1 aromatic heterocycles. The normalized spacial score (nSPS) is 19.0. The summed E-state index contributed by atoms with van der Waals surface area (Å²) in [5, 5.41) is 1.29. The summed E-state index contributed by atoms with van der Waals surface area (Å²) >= 11 is 0. The number of nitrogens with one attached hydrogen (secondary N) is 1. The third-order valence-corrected chi connectivity index (χ3v) is 5.38. The third-order valence-electron chi connectivity index (χ3n) is 5.38. The van der Waals surface area contributed by atoms with E-state index in [1.165, 1.54) is 16.6 Å². The van der Waals surface area contributed by atoms with Crippen LogP contribution in [0.4, 0.5) is 0 Å². The van der Waals surface area contributed by atoms with Crippen LogP contribution in [0.5, 0.6) is 5.75 Å². The van der Waals surface area contributed by atoms with Gasteiger partial charge in [0.2, 0.25) is 0 Å². The van der Waals surface area contributed by atoms with Gasteiger partial charge >= 0.3 is 0 Å². The van der Waals surface area contributed by atoms with Crippen LogP contribution in [0.2, 0.25) is 0 Å². The molecule has 1 N–H and O–H groups in total. The molecule has 3 aromatic rings. The van der Waals surface area contributed by atoms with E-state index in [1.54, 1.807) is 7.11 Å². The molecule has 5 rings (SSSR count). The van der Waals surface area contributed by atoms with E-state index in [4.69, 9.17) is 4.74 Å². The highest BCUT2D eigenvalue weighted by atomic mass is 16.5. The number of hydrogen-bond acceptors (Lipinski definition) is 2. The van der Waals surface area contributed by atoms with Crippen molar-refractivity contribution in [2.45, 2.75) is 18.9 Å². The summed E-state index contributed by atoms with van der Waals surface area (Å²) in [6, 6.07) is 14.4. The molecule has 0 spiro atoms. The van der Waals surface area contributed by atoms with Crippen LogP contribution in [-0.4, -0.2) is 29.4 Å². The van der Waals surface area contributed by atoms with Gasteiger partial charge < -0.3 is 14.6 Å². The number of ether oxygens (including phenoxy) is 1. The lowest BCUT2D eigenvalue weighted by molar-refractivity contribution is 0.0624. The van der Waals surface area contributed by atoms with Gasteiger partial charge in [0.25, 0.3) is 5.91 Å². The maximum Gasteiger partial charge on any atom is 0.258 e. The number of aromatic amines is 1. The van der Waals surface area contributed by atoms with E-state index in [9.17, 15) is 4.79 Å². The lowest BCUT2D eigenvalue weighted by atomic mass is 9.86. The second-order valence-corrected chi connectivity index (χ2v) is 6.53. The number of H-pyrrole nitrogens is 1. The number of benzene rings is 2. The quantitative estimate of drug-likeness (QED) is 0.747. The van der Waals surface area contributed by atoms with Gasteiger partial charge in [-0.1, -0.05) is 30.3 Å². The molecule has 1 unspecified atom stereocenters. The summed E-state index contributed by atoms with van der Waals surface area (Å²) < 4.78 is 5.42. The van der Waals surface area contributed by atoms with Crippen LogP contribution < -0.4 is 4.74 Å². The molecule has 0 bridgehead atoms. The molecule has 0 aliphatic carbocycles. The molecule has 120 valence electrons. The summed E-state index contributed by atoms with van der Waals surface area (Å²) in [4.78, 5) is 18.7. The zero-order valence-corrected chi connectivity index (χ0v) is 13.5. The Hall–Kier alpha value is -2.75. The number of methoxy groups -OCH3 is 1. The Labute approximate surface area is 140 Å². The molecular formula is C20H18N2O2. The predicted molar refractivity (Wildman–Crippen MR) is 92.5 cm³/mol. The Morgan fingerprint density at radius 1 is 1.17 bits per heavy atom. The van der Waals surface area contributed by atoms with Crippen molar-refractivity contribution in [2.75, 3.05) is 13.7 Å². The van der Waals surface area contributed by atoms with Crippen molar-refractivity contribution in [3.8, 4) is 5.75 Å². The first kappa shape index (κ1) is 13.7. The summed E-state index contributed by atoms with van der Waals surface area (Å²) in [6.45, 7) is 0.760. The summed E-state index contributed by atoms with van der Waals surface area (Å²) in [6.07, 6.45) is 1.73. The first-order valence-corrected chi connectivity index (χ1v) is 8.34. The summed E-state index contributed by atoms with van der Waals surface area (Å²) in [5.74, 6) is 0.765. The van der Waals surface area contributed by atoms with Crippen molar-refractivity contribution in [3.63, 3.8) is 0 Å². The highest BCUT2D eigenvalue weighted by molar-refractivity contribution is 6.00. The lowest BCUT2D eigenvalue weighted by Crippen LogP contribution is -2.44. The van der Waals surface area contributed by atoms with Gasteiger partial charge in [-0.2, -0.15) is 0 Å². The van der Waals surface area contributed by atoms with Crippen molar-refractivity contribution in [2.24, 2.45) is 0 Å². The van der Waals surface area contributed by atoms with Crippen LogP contribution in [0.1, 0.15) is 33.2 Å². The van der Waals surface area contributed by atoms with Crippen LogP contribution >= 0.6 is 0 Å². The SMILES string of the molecule is COc1cccc2c1C(=O)N1CCc3c([nH]c4ccccc34)C1C2. The molecule has 0 radical (unpaired) electrons. The number of para-hydroxylation sites is 1. The van der Waals surface area contributed by atoms with Crippen molar-refractivity contribution < 1.29 is 9.53 Å². The number of aromatic nitrogens is 1. The molecule has 0 saturated heterocycles. The van der Waals surface area contributed by atoms with Gasteiger partial charge in [-0.25, -0.2) is 0 Å². The van der Waals surface area contributed by atoms with Crippen molar-refractivity contribution in [1.29, 1.82) is 0 Å². The maximum absolute atomic E-state index is 13.1. The molecule has 2 aromatic carbocycles. The fourth-order valence-electron chi connectivity index (χ4n) is 4.29. The third kappa shape index (κ3) is 1.71. The standard InChI is InChI=1S/C20H18N2O2/c1-24-17-8-4-5-12-11-16-19-14(9-10-22(16)20(23)18(12)17)13-6-2-3-7-15(13)21-19/h2-8,16,21H,9-11H2,1H3. The van der Waals surface area contributed by atoms with Gasteiger partial charge in [-0.3, -0.25) is 4.79 Å². The molecule has 2 aliphatic heterocycles. The van der Waals surface area contributed by atoms with Gasteiger partial charge in [0.1, 0.15) is 5.75 Å². The van der Waals surface area contributed by atoms with Crippen LogP contribution in [0.25, 0.3) is 10.9 Å². The Kier molecular flexibility index (Phi) is 2.77. The van der Waals surface area contributed by atoms with Crippen LogP contribution in [0.15, 0.2) is 42.5 Å². The monoisotopic (exact) mass is 318 g/mol. The molecule has 0 saturated carbocycles. The molecule has 24 heavy (non-hydrogen) atoms. The fraction of sp³-hybridized carbons (Fsp3) is 0.250. The van der Waals surface area contributed by atoms with E-state index in [0.29, 0.717) is 5.75 Å². The highest BCUT2D eigenvalue weighted by Gasteiger charge is 2.39. The second kappa shape index (κ2) is 4.87. The van der Waals surface area contributed by atoms with E-state index in [0.717, 1.165) is 36.0 Å². The Morgan fingerprint density at radius 2 is 2.04 bits per heavy atom. The molecule has 4 nitrogen and oxygen atoms in total. The van der Waals surface area contributed by atoms with Gasteiger partial charge in [0, 0.05) is 23.1 Å². The number of rotatable bonds is 1. The van der Waals surface area contributed by atoms with Crippen molar-refractivity contribution in [1.82, 2.24) is 9.88 Å². The molecule has 0 fully saturated rings. The minimum Gasteiger partial charge on any atom is -0.496 e. The Bertz CT molecular complexity index is 973. The number of carbonyl (C=O) groups excluding carboxylic acids is 1. The topological polar surface area (TPSA) is 45.3 Å². The molecule has 1 atom stereocenters. The smallest absolute Gasteiger partial charge is 0.258 e. The van der Waals surface area contributed by atoms with Gasteiger partial charge in [0.05, 0.1) is 18.7 Å². The first-order valence-electron chi connectivity index (χ1n) is 8.34. The Morgan fingerprint density at radius 3 is 2.92 bits per heavy atom. The largest absolute Gasteiger partial charge is 0.496 e. The number of hydrogen-bond donors (Lipinski definition) is 1. The molecule has 1 amide bonds. The molecular weight excluding hydrogens is 300 g/mol. The van der Waals surface area contributed by atoms with Gasteiger partial charge in [0.15, 0.2) is 0 Å². The van der Waals surface area contributed by atoms with Crippen molar-refractivity contribution >= 4 is 16.8 Å². The number of amides is 1. The van der Waals surface area contributed by atoms with E-state index < -0.39 is 0 Å². The summed E-state index contributed by atoms with van der Waals surface area (Å²) in [5.41, 5.74) is 5.53. The summed E-state index contributed by atoms with van der Waals surface area (Å²) in [7, 11) is 1.63. The number of fused-ring (bicyclic) bond motifs is 6. The molecule has 2 aliphatic rings. The molecule has 3 heterocycles. The van der Waals surface area contributed by atoms with Crippen LogP contribution in [-0.2, 0) is 12.8 Å². The second-order valence-electron chi connectivity index (χ2n) is 6.53. The number of carbonyl (C=O) groups is 1. The maximum atomic E-state index is 13.1. The fourth-order valence-corrected chi connectivity index (χ4v) is 4.29. The predicted octanol–water partition coefficient (Wildman–Crippen LogP) is 3.47. The Balaban J connectivity index is 1.68. The van der Waals surface area contributed by atoms with E-state index >= 15 is 0 Å². The minimum atomic E-state index is 0.0861. The zero-order valence-electron chi connectivity index (χ0n) is 13.5. The average molecular weight is 318 g/mol. The minimum absolute atomic E-state index is 0.0861. The lowest BCUT2D eigenvalue weighted by Gasteiger charge is -2.40. The zero-order chi connectivity index (χ0) is 16.3. The number of nitrogens with zero attached hydrogens (tertiary/aromatic N) is 1. The van der Waals surface area contributed by atoms with Crippen LogP contribution in [0.3, 0.4) is 0 Å². The van der Waals surface area contributed by atoms with Crippen molar-refractivity contribution in [3.05, 3.63) is 64.8 Å². The van der Waals surface area contributed by atoms with Gasteiger partial charge in [-0.05, 0) is 36.1 Å². The van der Waals surface area contributed by atoms with E-state index in [1.807, 2.05) is 29.2 Å². The molecule has 4 heteroatoms.